The smallest absolute Gasteiger partial charge is 0.390 e. The summed E-state index contributed by atoms with van der Waals surface area (Å²) in [4.78, 5) is 0. The van der Waals surface area contributed by atoms with Gasteiger partial charge in [0.15, 0.2) is 0 Å². The molecule has 0 aromatic carbocycles. The highest BCUT2D eigenvalue weighted by Gasteiger charge is 2.60. The lowest BCUT2D eigenvalue weighted by Gasteiger charge is -2.35. The Morgan fingerprint density at radius 1 is 1.07 bits per heavy atom. The van der Waals surface area contributed by atoms with Gasteiger partial charge in [-0.2, -0.15) is 22.0 Å². The van der Waals surface area contributed by atoms with E-state index in [4.69, 9.17) is 0 Å². The molecule has 1 aliphatic rings. The summed E-state index contributed by atoms with van der Waals surface area (Å²) in [7, 11) is 0. The van der Waals surface area contributed by atoms with Gasteiger partial charge in [0.05, 0.1) is 5.60 Å². The van der Waals surface area contributed by atoms with E-state index < -0.39 is 24.1 Å². The minimum Gasteiger partial charge on any atom is -0.390 e. The molecule has 1 rings (SSSR count). The van der Waals surface area contributed by atoms with E-state index in [-0.39, 0.29) is 25.9 Å². The summed E-state index contributed by atoms with van der Waals surface area (Å²) >= 11 is 0. The molecule has 1 heterocycles. The summed E-state index contributed by atoms with van der Waals surface area (Å²) < 4.78 is 61.0. The predicted molar refractivity (Wildman–Crippen MR) is 42.7 cm³/mol. The van der Waals surface area contributed by atoms with Crippen molar-refractivity contribution in [2.24, 2.45) is 0 Å². The van der Waals surface area contributed by atoms with Gasteiger partial charge in [0.1, 0.15) is 0 Å². The number of halogens is 5. The highest BCUT2D eigenvalue weighted by Crippen LogP contribution is 2.42. The molecule has 0 amide bonds. The normalized spacial score (nSPS) is 22.8. The molecule has 0 bridgehead atoms. The summed E-state index contributed by atoms with van der Waals surface area (Å²) in [5, 5.41) is 12.3. The van der Waals surface area contributed by atoms with Crippen molar-refractivity contribution in [1.29, 1.82) is 0 Å². The van der Waals surface area contributed by atoms with Crippen LogP contribution in [0.15, 0.2) is 0 Å². The Labute approximate surface area is 83.5 Å². The summed E-state index contributed by atoms with van der Waals surface area (Å²) in [5.74, 6) is -4.82. The lowest BCUT2D eigenvalue weighted by Crippen LogP contribution is -2.49. The first-order valence-electron chi connectivity index (χ1n) is 4.54. The second-order valence-corrected chi connectivity index (χ2v) is 3.85. The van der Waals surface area contributed by atoms with Gasteiger partial charge >= 0.3 is 12.1 Å². The lowest BCUT2D eigenvalue weighted by atomic mass is 9.86. The van der Waals surface area contributed by atoms with E-state index in [1.807, 2.05) is 0 Å². The van der Waals surface area contributed by atoms with Gasteiger partial charge in [-0.3, -0.25) is 0 Å². The van der Waals surface area contributed by atoms with Gasteiger partial charge in [-0.05, 0) is 25.9 Å². The van der Waals surface area contributed by atoms with Gasteiger partial charge in [-0.15, -0.1) is 0 Å². The van der Waals surface area contributed by atoms with Crippen molar-refractivity contribution in [3.05, 3.63) is 0 Å². The maximum absolute atomic E-state index is 12.7. The maximum atomic E-state index is 12.7. The van der Waals surface area contributed by atoms with Crippen LogP contribution in [0.2, 0.25) is 0 Å². The van der Waals surface area contributed by atoms with E-state index in [9.17, 15) is 27.1 Å². The largest absolute Gasteiger partial charge is 0.453 e. The third-order valence-electron chi connectivity index (χ3n) is 2.50. The molecule has 0 aliphatic carbocycles. The molecule has 0 saturated carbocycles. The first kappa shape index (κ1) is 12.6. The van der Waals surface area contributed by atoms with Crippen LogP contribution in [0, 0.1) is 0 Å². The predicted octanol–water partition coefficient (Wildman–Crippen LogP) is 1.69. The van der Waals surface area contributed by atoms with E-state index in [0.29, 0.717) is 0 Å². The number of alkyl halides is 5. The van der Waals surface area contributed by atoms with Gasteiger partial charge in [0, 0.05) is 6.42 Å². The Balaban J connectivity index is 2.67. The zero-order valence-corrected chi connectivity index (χ0v) is 7.87. The Morgan fingerprint density at radius 3 is 1.93 bits per heavy atom. The fourth-order valence-corrected chi connectivity index (χ4v) is 1.58. The number of nitrogens with one attached hydrogen (secondary N) is 1. The highest BCUT2D eigenvalue weighted by molar-refractivity contribution is 4.91. The van der Waals surface area contributed by atoms with Crippen LogP contribution < -0.4 is 5.32 Å². The molecule has 90 valence electrons. The molecule has 0 unspecified atom stereocenters. The Bertz CT molecular complexity index is 222. The van der Waals surface area contributed by atoms with Crippen LogP contribution in [-0.4, -0.2) is 35.9 Å². The maximum Gasteiger partial charge on any atom is 0.453 e. The molecule has 2 N–H and O–H groups in total. The molecule has 1 saturated heterocycles. The SMILES string of the molecule is OC1(CC(F)(F)C(F)(F)F)CCNCC1. The average Bonchev–Trinajstić information content (AvgIpc) is 2.00. The minimum absolute atomic E-state index is 0.0847. The summed E-state index contributed by atoms with van der Waals surface area (Å²) in [5.41, 5.74) is -1.91. The van der Waals surface area contributed by atoms with Crippen molar-refractivity contribution < 1.29 is 27.1 Å². The third kappa shape index (κ3) is 3.01. The molecule has 1 fully saturated rings. The Morgan fingerprint density at radius 2 is 1.53 bits per heavy atom. The monoisotopic (exact) mass is 233 g/mol. The van der Waals surface area contributed by atoms with Crippen molar-refractivity contribution in [2.75, 3.05) is 13.1 Å². The molecular weight excluding hydrogens is 221 g/mol. The van der Waals surface area contributed by atoms with E-state index in [2.05, 4.69) is 5.32 Å². The fourth-order valence-electron chi connectivity index (χ4n) is 1.58. The lowest BCUT2D eigenvalue weighted by molar-refractivity contribution is -0.298. The average molecular weight is 233 g/mol. The Kier molecular flexibility index (Phi) is 3.25. The van der Waals surface area contributed by atoms with Crippen LogP contribution in [-0.2, 0) is 0 Å². The van der Waals surface area contributed by atoms with E-state index in [1.54, 1.807) is 0 Å². The van der Waals surface area contributed by atoms with Gasteiger partial charge in [0.25, 0.3) is 0 Å². The third-order valence-corrected chi connectivity index (χ3v) is 2.50. The summed E-state index contributed by atoms with van der Waals surface area (Å²) in [6.45, 7) is 0.509. The molecule has 0 radical (unpaired) electrons. The van der Waals surface area contributed by atoms with Crippen LogP contribution in [0.1, 0.15) is 19.3 Å². The molecule has 0 spiro atoms. The standard InChI is InChI=1S/C8H12F5NO/c9-7(10,8(11,12)13)5-6(15)1-3-14-4-2-6/h14-15H,1-5H2. The number of piperidine rings is 1. The zero-order valence-electron chi connectivity index (χ0n) is 7.87. The molecule has 0 atom stereocenters. The van der Waals surface area contributed by atoms with Crippen LogP contribution in [0.25, 0.3) is 0 Å². The fraction of sp³-hybridized carbons (Fsp3) is 1.00. The number of aliphatic hydroxyl groups is 1. The molecular formula is C8H12F5NO. The van der Waals surface area contributed by atoms with Crippen molar-refractivity contribution in [3.63, 3.8) is 0 Å². The Hall–Kier alpha value is -0.430. The van der Waals surface area contributed by atoms with Gasteiger partial charge in [0.2, 0.25) is 0 Å². The number of hydrogen-bond acceptors (Lipinski definition) is 2. The van der Waals surface area contributed by atoms with Gasteiger partial charge in [-0.1, -0.05) is 0 Å². The van der Waals surface area contributed by atoms with Crippen molar-refractivity contribution >= 4 is 0 Å². The molecule has 2 nitrogen and oxygen atoms in total. The van der Waals surface area contributed by atoms with Crippen LogP contribution in [0.4, 0.5) is 22.0 Å². The molecule has 7 heteroatoms. The van der Waals surface area contributed by atoms with Crippen LogP contribution in [0.5, 0.6) is 0 Å². The second kappa shape index (κ2) is 3.86. The van der Waals surface area contributed by atoms with E-state index in [1.165, 1.54) is 0 Å². The first-order valence-corrected chi connectivity index (χ1v) is 4.54. The topological polar surface area (TPSA) is 32.3 Å². The van der Waals surface area contributed by atoms with Gasteiger partial charge < -0.3 is 10.4 Å². The number of hydrogen-bond donors (Lipinski definition) is 2. The van der Waals surface area contributed by atoms with Gasteiger partial charge in [-0.25, -0.2) is 0 Å². The minimum atomic E-state index is -5.59. The summed E-state index contributed by atoms with van der Waals surface area (Å²) in [6.07, 6.45) is -7.31. The summed E-state index contributed by atoms with van der Waals surface area (Å²) in [6, 6.07) is 0. The molecule has 0 aromatic rings. The van der Waals surface area contributed by atoms with Crippen molar-refractivity contribution in [2.45, 2.75) is 37.0 Å². The zero-order chi connectivity index (χ0) is 11.7. The van der Waals surface area contributed by atoms with Crippen LogP contribution >= 0.6 is 0 Å². The number of rotatable bonds is 2. The molecule has 0 aromatic heterocycles. The quantitative estimate of drug-likeness (QED) is 0.711. The van der Waals surface area contributed by atoms with E-state index >= 15 is 0 Å². The van der Waals surface area contributed by atoms with Crippen molar-refractivity contribution in [1.82, 2.24) is 5.32 Å². The highest BCUT2D eigenvalue weighted by atomic mass is 19.4. The van der Waals surface area contributed by atoms with Crippen LogP contribution in [0.3, 0.4) is 0 Å². The first-order chi connectivity index (χ1) is 6.66. The molecule has 1 aliphatic heterocycles. The van der Waals surface area contributed by atoms with Crippen molar-refractivity contribution in [3.8, 4) is 0 Å². The molecule has 15 heavy (non-hydrogen) atoms. The van der Waals surface area contributed by atoms with E-state index in [0.717, 1.165) is 0 Å². The second-order valence-electron chi connectivity index (χ2n) is 3.85.